The summed E-state index contributed by atoms with van der Waals surface area (Å²) in [6, 6.07) is 9.31. The van der Waals surface area contributed by atoms with Crippen molar-refractivity contribution >= 4 is 23.9 Å². The molecule has 2 aromatic rings. The highest BCUT2D eigenvalue weighted by Crippen LogP contribution is 2.30. The molecule has 6 heteroatoms. The van der Waals surface area contributed by atoms with E-state index in [1.807, 2.05) is 13.8 Å². The van der Waals surface area contributed by atoms with Crippen molar-refractivity contribution in [1.29, 1.82) is 0 Å². The predicted molar refractivity (Wildman–Crippen MR) is 82.7 cm³/mol. The van der Waals surface area contributed by atoms with Crippen molar-refractivity contribution in [3.8, 4) is 11.1 Å². The molecule has 0 saturated carbocycles. The first-order valence-corrected chi connectivity index (χ1v) is 7.36. The maximum atomic E-state index is 11.6. The van der Waals surface area contributed by atoms with Crippen LogP contribution < -0.4 is 0 Å². The third kappa shape index (κ3) is 2.28. The van der Waals surface area contributed by atoms with Gasteiger partial charge in [-0.3, -0.25) is 0 Å². The fraction of sp³-hybridized carbons (Fsp3) is 0.111. The van der Waals surface area contributed by atoms with Gasteiger partial charge in [-0.2, -0.15) is 0 Å². The van der Waals surface area contributed by atoms with Crippen molar-refractivity contribution in [1.82, 2.24) is 0 Å². The molecule has 24 heavy (non-hydrogen) atoms. The highest BCUT2D eigenvalue weighted by molar-refractivity contribution is 6.16. The summed E-state index contributed by atoms with van der Waals surface area (Å²) in [7, 11) is 0. The number of rotatable bonds is 1. The molecule has 4 rings (SSSR count). The lowest BCUT2D eigenvalue weighted by Crippen LogP contribution is -1.97. The van der Waals surface area contributed by atoms with E-state index in [9.17, 15) is 19.2 Å². The van der Waals surface area contributed by atoms with Gasteiger partial charge < -0.3 is 9.47 Å². The molecular formula is C18H12O6. The van der Waals surface area contributed by atoms with E-state index in [0.717, 1.165) is 0 Å². The lowest BCUT2D eigenvalue weighted by molar-refractivity contribution is 0.0425. The van der Waals surface area contributed by atoms with Crippen molar-refractivity contribution in [3.63, 3.8) is 0 Å². The van der Waals surface area contributed by atoms with Crippen LogP contribution >= 0.6 is 0 Å². The summed E-state index contributed by atoms with van der Waals surface area (Å²) in [5.74, 6) is -2.74. The maximum Gasteiger partial charge on any atom is 0.346 e. The second-order valence-corrected chi connectivity index (χ2v) is 4.87. The first kappa shape index (κ1) is 15.6. The molecule has 0 fully saturated rings. The van der Waals surface area contributed by atoms with Crippen LogP contribution in [-0.4, -0.2) is 23.9 Å². The van der Waals surface area contributed by atoms with Gasteiger partial charge in [0.1, 0.15) is 0 Å². The lowest BCUT2D eigenvalue weighted by atomic mass is 9.97. The normalized spacial score (nSPS) is 14.4. The molecule has 0 atom stereocenters. The minimum Gasteiger partial charge on any atom is -0.386 e. The Morgan fingerprint density at radius 3 is 1.25 bits per heavy atom. The molecule has 0 N–H and O–H groups in total. The third-order valence-electron chi connectivity index (χ3n) is 3.62. The Balaban J connectivity index is 0.000000815. The van der Waals surface area contributed by atoms with Gasteiger partial charge in [-0.25, -0.2) is 19.2 Å². The molecule has 0 bridgehead atoms. The van der Waals surface area contributed by atoms with Crippen molar-refractivity contribution in [2.24, 2.45) is 0 Å². The molecule has 0 unspecified atom stereocenters. The first-order valence-electron chi connectivity index (χ1n) is 7.36. The second-order valence-electron chi connectivity index (χ2n) is 4.87. The molecule has 0 spiro atoms. The summed E-state index contributed by atoms with van der Waals surface area (Å²) >= 11 is 0. The molecule has 2 heterocycles. The number of hydrogen-bond acceptors (Lipinski definition) is 6. The zero-order valence-corrected chi connectivity index (χ0v) is 12.9. The molecule has 2 aliphatic rings. The average Bonchev–Trinajstić information content (AvgIpc) is 3.05. The SMILES string of the molecule is CC.O=C1OC(=O)c2cc(-c3ccc4c(c3)C(=O)OC4=O)ccc21. The van der Waals surface area contributed by atoms with Gasteiger partial charge in [-0.05, 0) is 35.4 Å². The second kappa shape index (κ2) is 5.73. The number of carbonyl (C=O) groups is 4. The lowest BCUT2D eigenvalue weighted by Gasteiger charge is -2.04. The molecule has 6 nitrogen and oxygen atoms in total. The Bertz CT molecular complexity index is 834. The van der Waals surface area contributed by atoms with E-state index in [2.05, 4.69) is 9.47 Å². The summed E-state index contributed by atoms with van der Waals surface area (Å²) in [6.45, 7) is 4.00. The van der Waals surface area contributed by atoms with Crippen molar-refractivity contribution < 1.29 is 28.7 Å². The van der Waals surface area contributed by atoms with E-state index in [1.54, 1.807) is 12.1 Å². The Morgan fingerprint density at radius 2 is 0.875 bits per heavy atom. The largest absolute Gasteiger partial charge is 0.386 e. The maximum absolute atomic E-state index is 11.6. The molecule has 0 aromatic heterocycles. The summed E-state index contributed by atoms with van der Waals surface area (Å²) in [5.41, 5.74) is 2.04. The Kier molecular flexibility index (Phi) is 3.73. The van der Waals surface area contributed by atoms with Crippen LogP contribution in [0.25, 0.3) is 11.1 Å². The zero-order valence-electron chi connectivity index (χ0n) is 12.9. The van der Waals surface area contributed by atoms with Crippen LogP contribution in [0.2, 0.25) is 0 Å². The number of hydrogen-bond donors (Lipinski definition) is 0. The molecule has 2 aromatic carbocycles. The average molecular weight is 324 g/mol. The van der Waals surface area contributed by atoms with Crippen LogP contribution in [-0.2, 0) is 9.47 Å². The number of benzene rings is 2. The third-order valence-corrected chi connectivity index (χ3v) is 3.62. The summed E-state index contributed by atoms with van der Waals surface area (Å²) in [6.07, 6.45) is 0. The summed E-state index contributed by atoms with van der Waals surface area (Å²) in [5, 5.41) is 0. The van der Waals surface area contributed by atoms with Crippen LogP contribution in [0.4, 0.5) is 0 Å². The minimum atomic E-state index is -0.697. The molecular weight excluding hydrogens is 312 g/mol. The molecule has 2 aliphatic heterocycles. The molecule has 0 amide bonds. The van der Waals surface area contributed by atoms with E-state index in [1.165, 1.54) is 24.3 Å². The van der Waals surface area contributed by atoms with E-state index in [0.29, 0.717) is 11.1 Å². The number of ether oxygens (including phenoxy) is 2. The number of fused-ring (bicyclic) bond motifs is 2. The van der Waals surface area contributed by atoms with Crippen LogP contribution in [0.5, 0.6) is 0 Å². The number of cyclic esters (lactones) is 4. The van der Waals surface area contributed by atoms with Crippen molar-refractivity contribution in [2.75, 3.05) is 0 Å². The van der Waals surface area contributed by atoms with Gasteiger partial charge in [-0.1, -0.05) is 26.0 Å². The monoisotopic (exact) mass is 324 g/mol. The standard InChI is InChI=1S/C16H6O6.C2H6/c17-13-9-3-1-7(5-11(9)15(19)21-13)8-2-4-10-12(6-8)16(20)22-14(10)18;1-2/h1-6H;1-2H3. The van der Waals surface area contributed by atoms with Crippen molar-refractivity contribution in [2.45, 2.75) is 13.8 Å². The van der Waals surface area contributed by atoms with E-state index in [4.69, 9.17) is 0 Å². The van der Waals surface area contributed by atoms with Gasteiger partial charge >= 0.3 is 23.9 Å². The van der Waals surface area contributed by atoms with Gasteiger partial charge in [0.2, 0.25) is 0 Å². The van der Waals surface area contributed by atoms with Crippen LogP contribution in [0.3, 0.4) is 0 Å². The summed E-state index contributed by atoms with van der Waals surface area (Å²) < 4.78 is 9.06. The highest BCUT2D eigenvalue weighted by Gasteiger charge is 2.31. The Labute approximate surface area is 137 Å². The minimum absolute atomic E-state index is 0.182. The van der Waals surface area contributed by atoms with Gasteiger partial charge in [0.15, 0.2) is 0 Å². The van der Waals surface area contributed by atoms with E-state index < -0.39 is 23.9 Å². The number of esters is 4. The Morgan fingerprint density at radius 1 is 0.542 bits per heavy atom. The molecule has 0 radical (unpaired) electrons. The van der Waals surface area contributed by atoms with Gasteiger partial charge in [-0.15, -0.1) is 0 Å². The molecule has 120 valence electrons. The highest BCUT2D eigenvalue weighted by atomic mass is 16.6. The molecule has 0 saturated heterocycles. The smallest absolute Gasteiger partial charge is 0.346 e. The fourth-order valence-corrected chi connectivity index (χ4v) is 2.53. The quantitative estimate of drug-likeness (QED) is 0.592. The van der Waals surface area contributed by atoms with Crippen LogP contribution in [0, 0.1) is 0 Å². The van der Waals surface area contributed by atoms with Crippen LogP contribution in [0.15, 0.2) is 36.4 Å². The summed E-state index contributed by atoms with van der Waals surface area (Å²) in [4.78, 5) is 46.0. The number of carbonyl (C=O) groups excluding carboxylic acids is 4. The van der Waals surface area contributed by atoms with Gasteiger partial charge in [0, 0.05) is 0 Å². The van der Waals surface area contributed by atoms with E-state index in [-0.39, 0.29) is 22.3 Å². The van der Waals surface area contributed by atoms with Gasteiger partial charge in [0.25, 0.3) is 0 Å². The van der Waals surface area contributed by atoms with Crippen LogP contribution in [0.1, 0.15) is 55.3 Å². The van der Waals surface area contributed by atoms with Gasteiger partial charge in [0.05, 0.1) is 22.3 Å². The zero-order chi connectivity index (χ0) is 17.4. The Hall–Kier alpha value is -3.28. The predicted octanol–water partition coefficient (Wildman–Crippen LogP) is 3.00. The topological polar surface area (TPSA) is 86.7 Å². The fourth-order valence-electron chi connectivity index (χ4n) is 2.53. The first-order chi connectivity index (χ1) is 11.5. The molecule has 0 aliphatic carbocycles. The van der Waals surface area contributed by atoms with Crippen molar-refractivity contribution in [3.05, 3.63) is 58.7 Å². The van der Waals surface area contributed by atoms with E-state index >= 15 is 0 Å².